The Labute approximate surface area is 142 Å². The van der Waals surface area contributed by atoms with Gasteiger partial charge in [0.2, 0.25) is 0 Å². The van der Waals surface area contributed by atoms with E-state index in [4.69, 9.17) is 10.5 Å². The Bertz CT molecular complexity index is 952. The smallest absolute Gasteiger partial charge is 0.341 e. The average molecular weight is 340 g/mol. The second-order valence-electron chi connectivity index (χ2n) is 5.40. The lowest BCUT2D eigenvalue weighted by atomic mass is 10.1. The number of benzene rings is 1. The number of aryl methyl sites for hydroxylation is 1. The number of esters is 1. The van der Waals surface area contributed by atoms with Gasteiger partial charge in [-0.15, -0.1) is 0 Å². The Morgan fingerprint density at radius 2 is 2.08 bits per heavy atom. The maximum absolute atomic E-state index is 12.3. The van der Waals surface area contributed by atoms with Crippen LogP contribution in [0.5, 0.6) is 0 Å². The van der Waals surface area contributed by atoms with Crippen LogP contribution in [0, 0.1) is 6.92 Å². The minimum Gasteiger partial charge on any atom is -0.449 e. The van der Waals surface area contributed by atoms with Crippen molar-refractivity contribution in [3.05, 3.63) is 42.0 Å². The van der Waals surface area contributed by atoms with Crippen LogP contribution in [0.25, 0.3) is 11.2 Å². The second-order valence-corrected chi connectivity index (χ2v) is 5.40. The largest absolute Gasteiger partial charge is 0.449 e. The molecule has 1 atom stereocenters. The van der Waals surface area contributed by atoms with Crippen LogP contribution in [0.4, 0.5) is 11.5 Å². The molecule has 9 nitrogen and oxygen atoms in total. The second kappa shape index (κ2) is 6.56. The minimum absolute atomic E-state index is 0.220. The highest BCUT2D eigenvalue weighted by molar-refractivity contribution is 6.01. The van der Waals surface area contributed by atoms with Gasteiger partial charge < -0.3 is 20.8 Å². The number of nitrogens with one attached hydrogen (secondary N) is 2. The summed E-state index contributed by atoms with van der Waals surface area (Å²) in [7, 11) is 0. The van der Waals surface area contributed by atoms with E-state index < -0.39 is 18.0 Å². The number of carbonyl (C=O) groups excluding carboxylic acids is 2. The first kappa shape index (κ1) is 16.4. The number of para-hydroxylation sites is 1. The zero-order valence-corrected chi connectivity index (χ0v) is 13.6. The number of nitrogen functional groups attached to an aromatic ring is 1. The van der Waals surface area contributed by atoms with Crippen LogP contribution in [0.2, 0.25) is 0 Å². The van der Waals surface area contributed by atoms with Crippen molar-refractivity contribution >= 4 is 34.5 Å². The molecular weight excluding hydrogens is 324 g/mol. The topological polar surface area (TPSA) is 136 Å². The summed E-state index contributed by atoms with van der Waals surface area (Å²) in [5, 5.41) is 2.58. The van der Waals surface area contributed by atoms with Gasteiger partial charge >= 0.3 is 5.97 Å². The van der Waals surface area contributed by atoms with E-state index in [1.807, 2.05) is 0 Å². The number of nitrogens with two attached hydrogens (primary N) is 1. The molecule has 0 spiro atoms. The number of aromatic nitrogens is 4. The third-order valence-corrected chi connectivity index (χ3v) is 3.66. The molecule has 9 heteroatoms. The number of nitrogens with zero attached hydrogens (tertiary/aromatic N) is 3. The van der Waals surface area contributed by atoms with Gasteiger partial charge in [-0.25, -0.2) is 19.7 Å². The number of hydrogen-bond donors (Lipinski definition) is 3. The fraction of sp³-hybridized carbons (Fsp3) is 0.188. The summed E-state index contributed by atoms with van der Waals surface area (Å²) in [6.07, 6.45) is 1.68. The molecule has 0 radical (unpaired) electrons. The first-order valence-corrected chi connectivity index (χ1v) is 7.48. The van der Waals surface area contributed by atoms with Gasteiger partial charge in [-0.1, -0.05) is 12.1 Å². The van der Waals surface area contributed by atoms with Crippen molar-refractivity contribution in [1.29, 1.82) is 0 Å². The summed E-state index contributed by atoms with van der Waals surface area (Å²) in [4.78, 5) is 39.3. The van der Waals surface area contributed by atoms with E-state index in [9.17, 15) is 9.59 Å². The van der Waals surface area contributed by atoms with Gasteiger partial charge in [-0.3, -0.25) is 4.79 Å². The third-order valence-electron chi connectivity index (χ3n) is 3.66. The molecule has 0 aliphatic carbocycles. The lowest BCUT2D eigenvalue weighted by molar-refractivity contribution is -0.123. The van der Waals surface area contributed by atoms with Gasteiger partial charge in [-0.05, 0) is 25.5 Å². The standard InChI is InChI=1S/C16H16N6O3/c1-8-4-3-5-10(11(8)17)16(24)25-9(2)15(23)22-14-12-13(19-6-18-12)20-7-21-14/h3-7,9H,17H2,1-2H3,(H2,18,19,20,21,22,23)/t9-/m0/s1. The van der Waals surface area contributed by atoms with Crippen molar-refractivity contribution in [3.8, 4) is 0 Å². The Morgan fingerprint density at radius 1 is 1.28 bits per heavy atom. The minimum atomic E-state index is -1.04. The van der Waals surface area contributed by atoms with Crippen LogP contribution in [0.3, 0.4) is 0 Å². The molecule has 0 saturated heterocycles. The average Bonchev–Trinajstić information content (AvgIpc) is 3.06. The molecule has 0 aliphatic rings. The van der Waals surface area contributed by atoms with Crippen LogP contribution >= 0.6 is 0 Å². The summed E-state index contributed by atoms with van der Waals surface area (Å²) in [6, 6.07) is 5.03. The van der Waals surface area contributed by atoms with E-state index in [0.717, 1.165) is 5.56 Å². The number of fused-ring (bicyclic) bond motifs is 1. The molecule has 3 aromatic rings. The number of ether oxygens (including phenoxy) is 1. The zero-order chi connectivity index (χ0) is 18.0. The molecule has 0 saturated carbocycles. The highest BCUT2D eigenvalue weighted by atomic mass is 16.5. The maximum atomic E-state index is 12.3. The molecule has 4 N–H and O–H groups in total. The Balaban J connectivity index is 1.71. The quantitative estimate of drug-likeness (QED) is 0.483. The molecule has 128 valence electrons. The number of aromatic amines is 1. The van der Waals surface area contributed by atoms with E-state index in [2.05, 4.69) is 25.3 Å². The SMILES string of the molecule is Cc1cccc(C(=O)O[C@@H](C)C(=O)Nc2ncnc3nc[nH]c23)c1N. The molecule has 3 rings (SSSR count). The van der Waals surface area contributed by atoms with E-state index in [1.54, 1.807) is 25.1 Å². The highest BCUT2D eigenvalue weighted by Crippen LogP contribution is 2.19. The van der Waals surface area contributed by atoms with Gasteiger partial charge in [0.25, 0.3) is 5.91 Å². The lowest BCUT2D eigenvalue weighted by Crippen LogP contribution is -2.30. The number of rotatable bonds is 4. The van der Waals surface area contributed by atoms with Crippen molar-refractivity contribution in [2.75, 3.05) is 11.1 Å². The summed E-state index contributed by atoms with van der Waals surface area (Å²) in [5.41, 5.74) is 8.09. The lowest BCUT2D eigenvalue weighted by Gasteiger charge is -2.14. The summed E-state index contributed by atoms with van der Waals surface area (Å²) in [5.74, 6) is -0.946. The Kier molecular flexibility index (Phi) is 4.29. The van der Waals surface area contributed by atoms with E-state index in [1.165, 1.54) is 19.6 Å². The number of H-pyrrole nitrogens is 1. The molecule has 0 aliphatic heterocycles. The molecule has 2 heterocycles. The molecule has 0 fully saturated rings. The van der Waals surface area contributed by atoms with Gasteiger partial charge in [-0.2, -0.15) is 0 Å². The van der Waals surface area contributed by atoms with Gasteiger partial charge in [0.15, 0.2) is 17.6 Å². The van der Waals surface area contributed by atoms with Gasteiger partial charge in [0.1, 0.15) is 11.8 Å². The highest BCUT2D eigenvalue weighted by Gasteiger charge is 2.22. The first-order valence-electron chi connectivity index (χ1n) is 7.48. The predicted molar refractivity (Wildman–Crippen MR) is 90.8 cm³/mol. The number of carbonyl (C=O) groups is 2. The molecule has 0 bridgehead atoms. The fourth-order valence-corrected chi connectivity index (χ4v) is 2.21. The zero-order valence-electron chi connectivity index (χ0n) is 13.6. The molecule has 1 aromatic carbocycles. The molecular formula is C16H16N6O3. The third kappa shape index (κ3) is 3.25. The molecule has 0 unspecified atom stereocenters. The molecule has 1 amide bonds. The van der Waals surface area contributed by atoms with Gasteiger partial charge in [0.05, 0.1) is 11.9 Å². The van der Waals surface area contributed by atoms with Crippen LogP contribution in [-0.4, -0.2) is 37.9 Å². The number of amides is 1. The number of imidazole rings is 1. The molecule has 25 heavy (non-hydrogen) atoms. The van der Waals surface area contributed by atoms with Crippen molar-refractivity contribution < 1.29 is 14.3 Å². The van der Waals surface area contributed by atoms with E-state index in [-0.39, 0.29) is 11.4 Å². The summed E-state index contributed by atoms with van der Waals surface area (Å²) < 4.78 is 5.20. The first-order chi connectivity index (χ1) is 12.0. The van der Waals surface area contributed by atoms with Crippen LogP contribution in [-0.2, 0) is 9.53 Å². The maximum Gasteiger partial charge on any atom is 0.341 e. The van der Waals surface area contributed by atoms with Crippen molar-refractivity contribution in [2.24, 2.45) is 0 Å². The molecule has 2 aromatic heterocycles. The number of hydrogen-bond acceptors (Lipinski definition) is 7. The Morgan fingerprint density at radius 3 is 2.88 bits per heavy atom. The predicted octanol–water partition coefficient (Wildman–Crippen LogP) is 1.43. The van der Waals surface area contributed by atoms with Crippen molar-refractivity contribution in [1.82, 2.24) is 19.9 Å². The van der Waals surface area contributed by atoms with Gasteiger partial charge in [0, 0.05) is 5.69 Å². The monoisotopic (exact) mass is 340 g/mol. The normalized spacial score (nSPS) is 11.9. The number of anilines is 2. The Hall–Kier alpha value is -3.49. The van der Waals surface area contributed by atoms with E-state index in [0.29, 0.717) is 16.9 Å². The summed E-state index contributed by atoms with van der Waals surface area (Å²) in [6.45, 7) is 3.25. The summed E-state index contributed by atoms with van der Waals surface area (Å²) >= 11 is 0. The van der Waals surface area contributed by atoms with Crippen LogP contribution in [0.1, 0.15) is 22.8 Å². The van der Waals surface area contributed by atoms with Crippen molar-refractivity contribution in [3.63, 3.8) is 0 Å². The van der Waals surface area contributed by atoms with E-state index >= 15 is 0 Å². The van der Waals surface area contributed by atoms with Crippen LogP contribution < -0.4 is 11.1 Å². The van der Waals surface area contributed by atoms with Crippen molar-refractivity contribution in [2.45, 2.75) is 20.0 Å². The fourth-order valence-electron chi connectivity index (χ4n) is 2.21. The van der Waals surface area contributed by atoms with Crippen LogP contribution in [0.15, 0.2) is 30.9 Å².